The van der Waals surface area contributed by atoms with Gasteiger partial charge in [-0.25, -0.2) is 0 Å². The lowest BCUT2D eigenvalue weighted by atomic mass is 10.1. The Morgan fingerprint density at radius 1 is 1.14 bits per heavy atom. The lowest BCUT2D eigenvalue weighted by Crippen LogP contribution is -2.45. The van der Waals surface area contributed by atoms with Gasteiger partial charge in [0, 0.05) is 55.0 Å². The van der Waals surface area contributed by atoms with Gasteiger partial charge in [-0.2, -0.15) is 0 Å². The summed E-state index contributed by atoms with van der Waals surface area (Å²) in [6.45, 7) is 5.09. The molecule has 1 fully saturated rings. The maximum atomic E-state index is 4.42. The van der Waals surface area contributed by atoms with Gasteiger partial charge in [0.1, 0.15) is 0 Å². The van der Waals surface area contributed by atoms with Crippen LogP contribution in [0.2, 0.25) is 0 Å². The molecule has 2 heterocycles. The molecule has 0 spiro atoms. The fourth-order valence-corrected chi connectivity index (χ4v) is 4.10. The maximum Gasteiger partial charge on any atom is 0.191 e. The second-order valence-corrected chi connectivity index (χ2v) is 7.43. The molecule has 29 heavy (non-hydrogen) atoms. The van der Waals surface area contributed by atoms with Crippen molar-refractivity contribution in [2.45, 2.75) is 25.8 Å². The summed E-state index contributed by atoms with van der Waals surface area (Å²) in [7, 11) is 1.84. The van der Waals surface area contributed by atoms with E-state index >= 15 is 0 Å². The third-order valence-electron chi connectivity index (χ3n) is 5.57. The largest absolute Gasteiger partial charge is 0.369 e. The summed E-state index contributed by atoms with van der Waals surface area (Å²) in [5.41, 5.74) is 5.14. The molecule has 4 rings (SSSR count). The molecule has 0 saturated carbocycles. The molecule has 6 heteroatoms. The molecule has 0 amide bonds. The summed E-state index contributed by atoms with van der Waals surface area (Å²) in [6.07, 6.45) is 2.09. The highest BCUT2D eigenvalue weighted by Gasteiger charge is 2.23. The molecule has 3 N–H and O–H groups in total. The lowest BCUT2D eigenvalue weighted by molar-refractivity contribution is 0.648. The van der Waals surface area contributed by atoms with Crippen LogP contribution in [0.4, 0.5) is 5.69 Å². The number of aliphatic imine (C=N–C) groups is 1. The molecule has 154 valence electrons. The Hall–Kier alpha value is -2.22. The van der Waals surface area contributed by atoms with Crippen LogP contribution in [-0.2, 0) is 6.42 Å². The number of aryl methyl sites for hydroxylation is 1. The van der Waals surface area contributed by atoms with E-state index in [0.29, 0.717) is 6.04 Å². The predicted octanol–water partition coefficient (Wildman–Crippen LogP) is 4.08. The highest BCUT2D eigenvalue weighted by Crippen LogP contribution is 2.22. The molecular weight excluding hydrogens is 473 g/mol. The Morgan fingerprint density at radius 3 is 2.69 bits per heavy atom. The lowest BCUT2D eigenvalue weighted by Gasteiger charge is -2.20. The van der Waals surface area contributed by atoms with E-state index in [0.717, 1.165) is 38.4 Å². The molecule has 0 radical (unpaired) electrons. The predicted molar refractivity (Wildman–Crippen MR) is 134 cm³/mol. The summed E-state index contributed by atoms with van der Waals surface area (Å²) < 4.78 is 0. The molecule has 1 aliphatic rings. The van der Waals surface area contributed by atoms with Crippen LogP contribution in [0.25, 0.3) is 10.9 Å². The number of benzene rings is 2. The Kier molecular flexibility index (Phi) is 7.41. The van der Waals surface area contributed by atoms with Crippen LogP contribution in [0.5, 0.6) is 0 Å². The Bertz CT molecular complexity index is 950. The van der Waals surface area contributed by atoms with Crippen LogP contribution in [0.15, 0.2) is 59.6 Å². The number of aromatic nitrogens is 1. The summed E-state index contributed by atoms with van der Waals surface area (Å²) in [6, 6.07) is 19.6. The molecule has 0 bridgehead atoms. The number of aromatic amines is 1. The fraction of sp³-hybridized carbons (Fsp3) is 0.348. The van der Waals surface area contributed by atoms with Crippen molar-refractivity contribution in [3.63, 3.8) is 0 Å². The molecule has 1 saturated heterocycles. The first-order valence-corrected chi connectivity index (χ1v) is 10.1. The molecule has 1 aromatic heterocycles. The number of nitrogens with zero attached hydrogens (tertiary/aromatic N) is 2. The topological polar surface area (TPSA) is 55.5 Å². The van der Waals surface area contributed by atoms with Crippen molar-refractivity contribution in [1.29, 1.82) is 0 Å². The zero-order valence-electron chi connectivity index (χ0n) is 17.1. The van der Waals surface area contributed by atoms with Crippen LogP contribution in [-0.4, -0.2) is 43.7 Å². The minimum absolute atomic E-state index is 0. The number of halogens is 1. The highest BCUT2D eigenvalue weighted by molar-refractivity contribution is 14.0. The molecule has 3 aromatic rings. The molecular formula is C23H30IN5. The molecule has 0 aliphatic carbocycles. The van der Waals surface area contributed by atoms with Crippen molar-refractivity contribution in [1.82, 2.24) is 15.6 Å². The molecule has 1 aliphatic heterocycles. The number of hydrogen-bond donors (Lipinski definition) is 3. The van der Waals surface area contributed by atoms with Crippen LogP contribution < -0.4 is 15.5 Å². The highest BCUT2D eigenvalue weighted by atomic mass is 127. The summed E-state index contributed by atoms with van der Waals surface area (Å²) in [5, 5.41) is 8.39. The maximum absolute atomic E-state index is 4.42. The van der Waals surface area contributed by atoms with Gasteiger partial charge in [0.15, 0.2) is 5.96 Å². The van der Waals surface area contributed by atoms with Crippen LogP contribution in [0.3, 0.4) is 0 Å². The molecule has 1 unspecified atom stereocenters. The zero-order chi connectivity index (χ0) is 19.3. The van der Waals surface area contributed by atoms with Crippen molar-refractivity contribution in [2.24, 2.45) is 4.99 Å². The first-order valence-electron chi connectivity index (χ1n) is 10.1. The zero-order valence-corrected chi connectivity index (χ0v) is 19.4. The van der Waals surface area contributed by atoms with Gasteiger partial charge in [-0.1, -0.05) is 36.4 Å². The third kappa shape index (κ3) is 5.04. The number of H-pyrrole nitrogens is 1. The molecule has 2 aromatic carbocycles. The third-order valence-corrected chi connectivity index (χ3v) is 5.57. The number of guanidine groups is 1. The van der Waals surface area contributed by atoms with E-state index in [2.05, 4.69) is 87.0 Å². The van der Waals surface area contributed by atoms with Crippen molar-refractivity contribution in [3.05, 3.63) is 65.9 Å². The van der Waals surface area contributed by atoms with Crippen LogP contribution in [0, 0.1) is 6.92 Å². The van der Waals surface area contributed by atoms with Gasteiger partial charge in [-0.05, 0) is 43.5 Å². The first kappa shape index (κ1) is 21.5. The number of hydrogen-bond acceptors (Lipinski definition) is 2. The van der Waals surface area contributed by atoms with E-state index < -0.39 is 0 Å². The van der Waals surface area contributed by atoms with Crippen molar-refractivity contribution in [2.75, 3.05) is 31.6 Å². The van der Waals surface area contributed by atoms with Crippen molar-refractivity contribution < 1.29 is 0 Å². The number of anilines is 1. The van der Waals surface area contributed by atoms with Gasteiger partial charge in [-0.15, -0.1) is 24.0 Å². The van der Waals surface area contributed by atoms with Gasteiger partial charge in [0.2, 0.25) is 0 Å². The van der Waals surface area contributed by atoms with Crippen LogP contribution in [0.1, 0.15) is 17.7 Å². The van der Waals surface area contributed by atoms with Gasteiger partial charge in [-0.3, -0.25) is 4.99 Å². The van der Waals surface area contributed by atoms with Crippen LogP contribution >= 0.6 is 24.0 Å². The SMILES string of the molecule is CN=C(NCCc1c(C)[nH]c2ccccc12)NC1CCN(c2ccccc2)C1.I. The van der Waals surface area contributed by atoms with Crippen molar-refractivity contribution in [3.8, 4) is 0 Å². The fourth-order valence-electron chi connectivity index (χ4n) is 4.10. The average Bonchev–Trinajstić information content (AvgIpc) is 3.32. The molecule has 1 atom stereocenters. The van der Waals surface area contributed by atoms with E-state index in [1.54, 1.807) is 0 Å². The summed E-state index contributed by atoms with van der Waals surface area (Å²) in [4.78, 5) is 10.3. The van der Waals surface area contributed by atoms with Crippen molar-refractivity contribution >= 4 is 46.5 Å². The minimum Gasteiger partial charge on any atom is -0.369 e. The quantitative estimate of drug-likeness (QED) is 0.280. The smallest absolute Gasteiger partial charge is 0.191 e. The van der Waals surface area contributed by atoms with E-state index in [9.17, 15) is 0 Å². The number of para-hydroxylation sites is 2. The van der Waals surface area contributed by atoms with E-state index in [1.165, 1.54) is 27.8 Å². The Morgan fingerprint density at radius 2 is 1.90 bits per heavy atom. The Labute approximate surface area is 190 Å². The minimum atomic E-state index is 0. The second-order valence-electron chi connectivity index (χ2n) is 7.43. The van der Waals surface area contributed by atoms with Gasteiger partial charge in [0.05, 0.1) is 0 Å². The van der Waals surface area contributed by atoms with Gasteiger partial charge >= 0.3 is 0 Å². The van der Waals surface area contributed by atoms with Gasteiger partial charge < -0.3 is 20.5 Å². The van der Waals surface area contributed by atoms with Gasteiger partial charge in [0.25, 0.3) is 0 Å². The normalized spacial score (nSPS) is 16.7. The monoisotopic (exact) mass is 503 g/mol. The first-order chi connectivity index (χ1) is 13.7. The van der Waals surface area contributed by atoms with E-state index in [-0.39, 0.29) is 24.0 Å². The average molecular weight is 503 g/mol. The number of nitrogens with one attached hydrogen (secondary N) is 3. The standard InChI is InChI=1S/C23H29N5.HI/c1-17-20(21-10-6-7-11-22(21)26-17)12-14-25-23(24-2)27-18-13-15-28(16-18)19-8-4-3-5-9-19;/h3-11,18,26H,12-16H2,1-2H3,(H2,24,25,27);1H. The summed E-state index contributed by atoms with van der Waals surface area (Å²) >= 11 is 0. The second kappa shape index (κ2) is 10.0. The van der Waals surface area contributed by atoms with E-state index in [4.69, 9.17) is 0 Å². The molecule has 5 nitrogen and oxygen atoms in total. The summed E-state index contributed by atoms with van der Waals surface area (Å²) in [5.74, 6) is 0.886. The van der Waals surface area contributed by atoms with E-state index in [1.807, 2.05) is 7.05 Å². The number of rotatable bonds is 5. The Balaban J connectivity index is 0.00000240. The number of fused-ring (bicyclic) bond motifs is 1.